The average Bonchev–Trinajstić information content (AvgIpc) is 2.39. The van der Waals surface area contributed by atoms with Crippen molar-refractivity contribution in [1.29, 1.82) is 0 Å². The summed E-state index contributed by atoms with van der Waals surface area (Å²) in [5, 5.41) is 12.2. The van der Waals surface area contributed by atoms with Gasteiger partial charge in [-0.2, -0.15) is 0 Å². The molecule has 1 heterocycles. The first-order valence-corrected chi connectivity index (χ1v) is 5.24. The van der Waals surface area contributed by atoms with E-state index >= 15 is 0 Å². The number of pyridine rings is 1. The Hall–Kier alpha value is -2.30. The first-order valence-electron chi connectivity index (χ1n) is 5.24. The maximum Gasteiger partial charge on any atom is 0.142 e. The summed E-state index contributed by atoms with van der Waals surface area (Å²) in [7, 11) is 0. The standard InChI is InChI=1S/C12H13N3O2/c13-12(15-16)6-8-17-11-5-1-4-10-9(11)3-2-7-14-10/h1-5,7,16H,6,8H2,(H2,13,15). The van der Waals surface area contributed by atoms with Crippen LogP contribution in [0, 0.1) is 0 Å². The minimum atomic E-state index is 0.156. The Morgan fingerprint density at radius 2 is 2.24 bits per heavy atom. The molecule has 0 amide bonds. The van der Waals surface area contributed by atoms with Crippen molar-refractivity contribution in [3.05, 3.63) is 36.5 Å². The molecule has 0 saturated heterocycles. The smallest absolute Gasteiger partial charge is 0.142 e. The van der Waals surface area contributed by atoms with Crippen LogP contribution in [0.2, 0.25) is 0 Å². The molecule has 2 rings (SSSR count). The van der Waals surface area contributed by atoms with E-state index in [0.717, 1.165) is 16.7 Å². The first-order chi connectivity index (χ1) is 8.31. The molecule has 2 aromatic rings. The minimum absolute atomic E-state index is 0.156. The third kappa shape index (κ3) is 2.63. The molecule has 0 spiro atoms. The van der Waals surface area contributed by atoms with Crippen LogP contribution in [0.1, 0.15) is 6.42 Å². The van der Waals surface area contributed by atoms with Gasteiger partial charge in [0.2, 0.25) is 0 Å². The van der Waals surface area contributed by atoms with Gasteiger partial charge in [-0.3, -0.25) is 4.98 Å². The second kappa shape index (κ2) is 5.16. The monoisotopic (exact) mass is 231 g/mol. The maximum absolute atomic E-state index is 8.40. The molecule has 0 aliphatic carbocycles. The number of ether oxygens (including phenoxy) is 1. The number of oxime groups is 1. The van der Waals surface area contributed by atoms with E-state index in [9.17, 15) is 0 Å². The van der Waals surface area contributed by atoms with E-state index in [1.807, 2.05) is 30.3 Å². The zero-order chi connectivity index (χ0) is 12.1. The lowest BCUT2D eigenvalue weighted by Gasteiger charge is -2.08. The van der Waals surface area contributed by atoms with Gasteiger partial charge in [-0.1, -0.05) is 11.2 Å². The van der Waals surface area contributed by atoms with Crippen molar-refractivity contribution in [2.45, 2.75) is 6.42 Å². The molecular weight excluding hydrogens is 218 g/mol. The molecule has 1 aromatic carbocycles. The van der Waals surface area contributed by atoms with Crippen LogP contribution in [-0.4, -0.2) is 22.6 Å². The lowest BCUT2D eigenvalue weighted by Crippen LogP contribution is -2.15. The number of amidine groups is 1. The van der Waals surface area contributed by atoms with Crippen molar-refractivity contribution in [2.75, 3.05) is 6.61 Å². The Morgan fingerprint density at radius 3 is 3.06 bits per heavy atom. The highest BCUT2D eigenvalue weighted by molar-refractivity contribution is 5.85. The lowest BCUT2D eigenvalue weighted by molar-refractivity contribution is 0.307. The number of nitrogens with zero attached hydrogens (tertiary/aromatic N) is 2. The van der Waals surface area contributed by atoms with Crippen molar-refractivity contribution >= 4 is 16.7 Å². The van der Waals surface area contributed by atoms with E-state index in [1.165, 1.54) is 0 Å². The van der Waals surface area contributed by atoms with Gasteiger partial charge in [0, 0.05) is 18.0 Å². The third-order valence-corrected chi connectivity index (χ3v) is 2.35. The number of hydrogen-bond donors (Lipinski definition) is 2. The fourth-order valence-electron chi connectivity index (χ4n) is 1.52. The summed E-state index contributed by atoms with van der Waals surface area (Å²) in [4.78, 5) is 4.23. The van der Waals surface area contributed by atoms with E-state index in [-0.39, 0.29) is 5.84 Å². The number of fused-ring (bicyclic) bond motifs is 1. The number of aromatic nitrogens is 1. The van der Waals surface area contributed by atoms with Crippen molar-refractivity contribution in [1.82, 2.24) is 4.98 Å². The lowest BCUT2D eigenvalue weighted by atomic mass is 10.2. The average molecular weight is 231 g/mol. The summed E-state index contributed by atoms with van der Waals surface area (Å²) in [6, 6.07) is 9.48. The van der Waals surface area contributed by atoms with E-state index in [2.05, 4.69) is 10.1 Å². The molecule has 0 saturated carbocycles. The van der Waals surface area contributed by atoms with E-state index in [1.54, 1.807) is 6.20 Å². The van der Waals surface area contributed by atoms with E-state index in [0.29, 0.717) is 13.0 Å². The highest BCUT2D eigenvalue weighted by Crippen LogP contribution is 2.23. The number of hydrogen-bond acceptors (Lipinski definition) is 4. The maximum atomic E-state index is 8.40. The Kier molecular flexibility index (Phi) is 3.40. The highest BCUT2D eigenvalue weighted by Gasteiger charge is 2.02. The normalized spacial score (nSPS) is 11.6. The van der Waals surface area contributed by atoms with Crippen LogP contribution in [0.15, 0.2) is 41.7 Å². The number of nitrogens with two attached hydrogens (primary N) is 1. The van der Waals surface area contributed by atoms with Gasteiger partial charge in [-0.05, 0) is 24.3 Å². The Morgan fingerprint density at radius 1 is 1.35 bits per heavy atom. The highest BCUT2D eigenvalue weighted by atomic mass is 16.5. The van der Waals surface area contributed by atoms with Crippen molar-refractivity contribution in [3.8, 4) is 5.75 Å². The zero-order valence-electron chi connectivity index (χ0n) is 9.21. The van der Waals surface area contributed by atoms with Crippen LogP contribution in [0.25, 0.3) is 10.9 Å². The predicted molar refractivity (Wildman–Crippen MR) is 65.3 cm³/mol. The predicted octanol–water partition coefficient (Wildman–Crippen LogP) is 1.75. The quantitative estimate of drug-likeness (QED) is 0.363. The molecule has 5 heteroatoms. The molecule has 1 aromatic heterocycles. The van der Waals surface area contributed by atoms with Gasteiger partial charge in [0.05, 0.1) is 12.1 Å². The Bertz CT molecular complexity index is 535. The molecule has 0 bridgehead atoms. The summed E-state index contributed by atoms with van der Waals surface area (Å²) in [6.45, 7) is 0.365. The van der Waals surface area contributed by atoms with Gasteiger partial charge in [0.25, 0.3) is 0 Å². The SMILES string of the molecule is N/C(CCOc1cccc2ncccc12)=N/O. The fourth-order valence-corrected chi connectivity index (χ4v) is 1.52. The minimum Gasteiger partial charge on any atom is -0.492 e. The van der Waals surface area contributed by atoms with Gasteiger partial charge in [0.1, 0.15) is 11.6 Å². The Balaban J connectivity index is 2.13. The molecule has 17 heavy (non-hydrogen) atoms. The summed E-state index contributed by atoms with van der Waals surface area (Å²) in [5.74, 6) is 0.907. The zero-order valence-corrected chi connectivity index (χ0v) is 9.21. The van der Waals surface area contributed by atoms with Crippen LogP contribution >= 0.6 is 0 Å². The van der Waals surface area contributed by atoms with Crippen molar-refractivity contribution in [2.24, 2.45) is 10.9 Å². The van der Waals surface area contributed by atoms with Crippen LogP contribution in [0.5, 0.6) is 5.75 Å². The molecule has 88 valence electrons. The second-order valence-corrected chi connectivity index (χ2v) is 3.52. The van der Waals surface area contributed by atoms with Gasteiger partial charge in [0.15, 0.2) is 0 Å². The topological polar surface area (TPSA) is 80.7 Å². The molecule has 0 fully saturated rings. The van der Waals surface area contributed by atoms with Gasteiger partial charge in [-0.15, -0.1) is 0 Å². The van der Waals surface area contributed by atoms with Crippen LogP contribution in [0.3, 0.4) is 0 Å². The molecular formula is C12H13N3O2. The molecule has 0 radical (unpaired) electrons. The van der Waals surface area contributed by atoms with Crippen molar-refractivity contribution < 1.29 is 9.94 Å². The molecule has 0 aliphatic rings. The van der Waals surface area contributed by atoms with Crippen LogP contribution in [-0.2, 0) is 0 Å². The van der Waals surface area contributed by atoms with Gasteiger partial charge < -0.3 is 15.7 Å². The Labute approximate surface area is 98.5 Å². The molecule has 5 nitrogen and oxygen atoms in total. The summed E-state index contributed by atoms with van der Waals surface area (Å²) < 4.78 is 5.58. The van der Waals surface area contributed by atoms with E-state index < -0.39 is 0 Å². The largest absolute Gasteiger partial charge is 0.492 e. The molecule has 0 aliphatic heterocycles. The first kappa shape index (κ1) is 11.2. The summed E-state index contributed by atoms with van der Waals surface area (Å²) >= 11 is 0. The van der Waals surface area contributed by atoms with E-state index in [4.69, 9.17) is 15.7 Å². The number of benzene rings is 1. The molecule has 3 N–H and O–H groups in total. The van der Waals surface area contributed by atoms with Gasteiger partial charge >= 0.3 is 0 Å². The third-order valence-electron chi connectivity index (χ3n) is 2.35. The number of rotatable bonds is 4. The molecule has 0 unspecified atom stereocenters. The van der Waals surface area contributed by atoms with Crippen LogP contribution in [0.4, 0.5) is 0 Å². The summed E-state index contributed by atoms with van der Waals surface area (Å²) in [6.07, 6.45) is 2.12. The second-order valence-electron chi connectivity index (χ2n) is 3.52. The molecule has 0 atom stereocenters. The van der Waals surface area contributed by atoms with Gasteiger partial charge in [-0.25, -0.2) is 0 Å². The summed E-state index contributed by atoms with van der Waals surface area (Å²) in [5.41, 5.74) is 6.24. The fraction of sp³-hybridized carbons (Fsp3) is 0.167. The van der Waals surface area contributed by atoms with Crippen LogP contribution < -0.4 is 10.5 Å². The van der Waals surface area contributed by atoms with Crippen molar-refractivity contribution in [3.63, 3.8) is 0 Å².